The molecule has 1 fully saturated rings. The molecule has 2 unspecified atom stereocenters. The maximum Gasteiger partial charge on any atom is 0.161 e. The molecule has 0 aliphatic carbocycles. The third-order valence-electron chi connectivity index (χ3n) is 5.66. The quantitative estimate of drug-likeness (QED) is 0.559. The zero-order valence-corrected chi connectivity index (χ0v) is 17.1. The average Bonchev–Trinajstić information content (AvgIpc) is 2.63. The lowest BCUT2D eigenvalue weighted by Gasteiger charge is -2.44. The van der Waals surface area contributed by atoms with Gasteiger partial charge in [0.1, 0.15) is 0 Å². The van der Waals surface area contributed by atoms with Crippen molar-refractivity contribution in [3.05, 3.63) is 23.3 Å². The van der Waals surface area contributed by atoms with Crippen LogP contribution in [0.2, 0.25) is 0 Å². The Balaban J connectivity index is 1.72. The number of hydrogen-bond donors (Lipinski definition) is 0. The summed E-state index contributed by atoms with van der Waals surface area (Å²) in [4.78, 5) is 2.68. The van der Waals surface area contributed by atoms with Crippen molar-refractivity contribution in [2.24, 2.45) is 11.8 Å². The van der Waals surface area contributed by atoms with Crippen molar-refractivity contribution in [3.63, 3.8) is 0 Å². The van der Waals surface area contributed by atoms with Crippen LogP contribution >= 0.6 is 12.1 Å². The topological polar surface area (TPSA) is 21.7 Å². The molecule has 0 radical (unpaired) electrons. The van der Waals surface area contributed by atoms with Crippen LogP contribution in [0.15, 0.2) is 12.1 Å². The fraction of sp³-hybridized carbons (Fsp3) is 0.714. The van der Waals surface area contributed by atoms with E-state index in [1.54, 1.807) is 7.11 Å². The zero-order valence-electron chi connectivity index (χ0n) is 16.3. The first-order valence-corrected chi connectivity index (χ1v) is 10.8. The van der Waals surface area contributed by atoms with Crippen molar-refractivity contribution >= 4 is 12.1 Å². The Hall–Kier alpha value is -0.940. The normalized spacial score (nSPS) is 22.8. The number of benzene rings is 1. The van der Waals surface area contributed by atoms with Gasteiger partial charge in [-0.3, -0.25) is 4.90 Å². The number of nitrogens with zero attached hydrogens (tertiary/aromatic N) is 1. The number of halogens is 1. The first-order chi connectivity index (χ1) is 12.6. The van der Waals surface area contributed by atoms with Crippen molar-refractivity contribution in [2.45, 2.75) is 52.0 Å². The molecule has 0 spiro atoms. The van der Waals surface area contributed by atoms with Crippen LogP contribution in [-0.4, -0.2) is 37.5 Å². The molecule has 2 heterocycles. The summed E-state index contributed by atoms with van der Waals surface area (Å²) in [6.45, 7) is 7.55. The number of methoxy groups -OCH3 is 1. The summed E-state index contributed by atoms with van der Waals surface area (Å²) in [7, 11) is 1.70. The molecule has 3 nitrogen and oxygen atoms in total. The van der Waals surface area contributed by atoms with E-state index in [1.165, 1.54) is 36.9 Å². The molecule has 3 rings (SSSR count). The number of rotatable bonds is 8. The summed E-state index contributed by atoms with van der Waals surface area (Å²) in [5, 5.41) is 0. The highest BCUT2D eigenvalue weighted by atomic mass is 32.2. The van der Waals surface area contributed by atoms with E-state index in [4.69, 9.17) is 9.47 Å². The number of hydrogen-bond acceptors (Lipinski definition) is 4. The summed E-state index contributed by atoms with van der Waals surface area (Å²) >= 11 is 0.369. The van der Waals surface area contributed by atoms with Gasteiger partial charge in [-0.1, -0.05) is 13.8 Å². The van der Waals surface area contributed by atoms with Crippen molar-refractivity contribution in [1.29, 1.82) is 0 Å². The Morgan fingerprint density at radius 3 is 2.85 bits per heavy atom. The first kappa shape index (κ1) is 19.8. The van der Waals surface area contributed by atoms with E-state index in [-0.39, 0.29) is 0 Å². The first-order valence-electron chi connectivity index (χ1n) is 9.93. The molecule has 0 N–H and O–H groups in total. The Kier molecular flexibility index (Phi) is 7.10. The van der Waals surface area contributed by atoms with Gasteiger partial charge in [0.2, 0.25) is 0 Å². The predicted molar refractivity (Wildman–Crippen MR) is 107 cm³/mol. The largest absolute Gasteiger partial charge is 0.493 e. The highest BCUT2D eigenvalue weighted by Gasteiger charge is 2.34. The van der Waals surface area contributed by atoms with E-state index in [0.717, 1.165) is 36.3 Å². The van der Waals surface area contributed by atoms with Gasteiger partial charge < -0.3 is 9.47 Å². The summed E-state index contributed by atoms with van der Waals surface area (Å²) < 4.78 is 23.6. The second-order valence-electron chi connectivity index (χ2n) is 8.05. The van der Waals surface area contributed by atoms with E-state index in [2.05, 4.69) is 30.9 Å². The summed E-state index contributed by atoms with van der Waals surface area (Å²) in [5.74, 6) is 3.71. The minimum Gasteiger partial charge on any atom is -0.493 e. The van der Waals surface area contributed by atoms with Gasteiger partial charge in [0, 0.05) is 37.0 Å². The number of ether oxygens (including phenoxy) is 2. The molecule has 26 heavy (non-hydrogen) atoms. The van der Waals surface area contributed by atoms with E-state index in [9.17, 15) is 3.89 Å². The van der Waals surface area contributed by atoms with Crippen molar-refractivity contribution in [3.8, 4) is 11.5 Å². The highest BCUT2D eigenvalue weighted by Crippen LogP contribution is 2.43. The lowest BCUT2D eigenvalue weighted by atomic mass is 9.81. The van der Waals surface area contributed by atoms with Crippen LogP contribution < -0.4 is 9.47 Å². The Labute approximate surface area is 161 Å². The standard InChI is InChI=1S/C21H32FNO2S/c1-15(2)11-16-5-6-19-18-13-20(24-3)21(25-9-4-10-26-22)12-17(18)7-8-23(19)14-16/h12-13,15-16,19H,4-11,14H2,1-3H3. The van der Waals surface area contributed by atoms with Gasteiger partial charge in [0.05, 0.1) is 13.7 Å². The third-order valence-corrected chi connectivity index (χ3v) is 6.11. The summed E-state index contributed by atoms with van der Waals surface area (Å²) in [6, 6.07) is 4.87. The second kappa shape index (κ2) is 9.32. The van der Waals surface area contributed by atoms with Crippen LogP contribution in [0.1, 0.15) is 56.7 Å². The molecule has 1 saturated heterocycles. The summed E-state index contributed by atoms with van der Waals surface area (Å²) in [6.07, 6.45) is 5.67. The number of fused-ring (bicyclic) bond motifs is 3. The maximum absolute atomic E-state index is 12.2. The van der Waals surface area contributed by atoms with E-state index >= 15 is 0 Å². The molecule has 1 aromatic carbocycles. The van der Waals surface area contributed by atoms with Crippen LogP contribution in [-0.2, 0) is 6.42 Å². The molecule has 2 aliphatic rings. The van der Waals surface area contributed by atoms with E-state index in [1.807, 2.05) is 0 Å². The van der Waals surface area contributed by atoms with Gasteiger partial charge in [-0.2, -0.15) is 3.89 Å². The molecular formula is C21H32FNO2S. The van der Waals surface area contributed by atoms with Crippen molar-refractivity contribution in [2.75, 3.05) is 32.6 Å². The van der Waals surface area contributed by atoms with Gasteiger partial charge in [-0.05, 0) is 67.2 Å². The summed E-state index contributed by atoms with van der Waals surface area (Å²) in [5.41, 5.74) is 2.81. The van der Waals surface area contributed by atoms with E-state index < -0.39 is 0 Å². The molecule has 1 aromatic rings. The Bertz CT molecular complexity index is 596. The molecule has 146 valence electrons. The molecule has 0 amide bonds. The minimum atomic E-state index is 0.369. The fourth-order valence-corrected chi connectivity index (χ4v) is 4.79. The maximum atomic E-state index is 12.2. The second-order valence-corrected chi connectivity index (χ2v) is 8.68. The number of piperidine rings is 1. The van der Waals surface area contributed by atoms with Crippen LogP contribution in [0.5, 0.6) is 11.5 Å². The third kappa shape index (κ3) is 4.66. The van der Waals surface area contributed by atoms with Gasteiger partial charge in [0.15, 0.2) is 11.5 Å². The SMILES string of the molecule is COc1cc2c(cc1OCCCSF)CCN1CC(CC(C)C)CCC21. The average molecular weight is 382 g/mol. The Morgan fingerprint density at radius 2 is 2.12 bits per heavy atom. The van der Waals surface area contributed by atoms with Gasteiger partial charge in [0.25, 0.3) is 0 Å². The van der Waals surface area contributed by atoms with Crippen molar-refractivity contribution < 1.29 is 13.4 Å². The van der Waals surface area contributed by atoms with Crippen molar-refractivity contribution in [1.82, 2.24) is 4.90 Å². The molecule has 5 heteroatoms. The highest BCUT2D eigenvalue weighted by molar-refractivity contribution is 7.94. The van der Waals surface area contributed by atoms with Crippen LogP contribution in [0.4, 0.5) is 3.89 Å². The van der Waals surface area contributed by atoms with Gasteiger partial charge in [-0.25, -0.2) is 0 Å². The molecule has 0 aromatic heterocycles. The van der Waals surface area contributed by atoms with E-state index in [0.29, 0.717) is 37.0 Å². The zero-order chi connectivity index (χ0) is 18.5. The minimum absolute atomic E-state index is 0.369. The van der Waals surface area contributed by atoms with Gasteiger partial charge >= 0.3 is 0 Å². The molecule has 2 aliphatic heterocycles. The smallest absolute Gasteiger partial charge is 0.161 e. The van der Waals surface area contributed by atoms with Crippen LogP contribution in [0, 0.1) is 11.8 Å². The lowest BCUT2D eigenvalue weighted by Crippen LogP contribution is -2.42. The molecule has 0 saturated carbocycles. The lowest BCUT2D eigenvalue weighted by molar-refractivity contribution is 0.0893. The van der Waals surface area contributed by atoms with Crippen LogP contribution in [0.25, 0.3) is 0 Å². The fourth-order valence-electron chi connectivity index (χ4n) is 4.56. The monoisotopic (exact) mass is 381 g/mol. The van der Waals surface area contributed by atoms with Gasteiger partial charge in [-0.15, -0.1) is 0 Å². The Morgan fingerprint density at radius 1 is 1.27 bits per heavy atom. The molecular weight excluding hydrogens is 349 g/mol. The van der Waals surface area contributed by atoms with Crippen LogP contribution in [0.3, 0.4) is 0 Å². The molecule has 0 bridgehead atoms. The molecule has 2 atom stereocenters. The predicted octanol–water partition coefficient (Wildman–Crippen LogP) is 5.44.